The Bertz CT molecular complexity index is 1080. The normalized spacial score (nSPS) is 16.8. The Kier molecular flexibility index (Phi) is 8.14. The Labute approximate surface area is 206 Å². The van der Waals surface area contributed by atoms with Gasteiger partial charge in [0.15, 0.2) is 0 Å². The number of amides is 3. The fourth-order valence-electron chi connectivity index (χ4n) is 4.15. The maximum absolute atomic E-state index is 14.4. The van der Waals surface area contributed by atoms with Crippen LogP contribution in [0.4, 0.5) is 14.9 Å². The lowest BCUT2D eigenvalue weighted by Gasteiger charge is -2.30. The van der Waals surface area contributed by atoms with E-state index in [4.69, 9.17) is 4.74 Å². The third-order valence-corrected chi connectivity index (χ3v) is 5.71. The zero-order chi connectivity index (χ0) is 25.8. The molecular weight excluding hydrogens is 449 g/mol. The molecule has 0 bridgehead atoms. The lowest BCUT2D eigenvalue weighted by molar-refractivity contribution is -0.129. The molecule has 0 spiro atoms. The molecule has 0 aliphatic carbocycles. The highest BCUT2D eigenvalue weighted by Gasteiger charge is 2.35. The number of nitrogens with zero attached hydrogens (tertiary/aromatic N) is 1. The number of aryl methyl sites for hydroxylation is 1. The molecule has 1 aliphatic heterocycles. The molecule has 2 aromatic rings. The molecule has 7 nitrogen and oxygen atoms in total. The van der Waals surface area contributed by atoms with Crippen LogP contribution in [0.5, 0.6) is 0 Å². The van der Waals surface area contributed by atoms with Crippen LogP contribution in [0.1, 0.15) is 52.2 Å². The number of hydrogen-bond acceptors (Lipinski definition) is 4. The molecular formula is C27H34FN3O4. The summed E-state index contributed by atoms with van der Waals surface area (Å²) in [6.07, 6.45) is 0.127. The largest absolute Gasteiger partial charge is 0.444 e. The highest BCUT2D eigenvalue weighted by atomic mass is 19.1. The number of carbonyl (C=O) groups is 3. The lowest BCUT2D eigenvalue weighted by atomic mass is 10.0. The van der Waals surface area contributed by atoms with Crippen molar-refractivity contribution in [2.24, 2.45) is 0 Å². The maximum atomic E-state index is 14.4. The number of fused-ring (bicyclic) bond motifs is 1. The third kappa shape index (κ3) is 6.81. The van der Waals surface area contributed by atoms with Gasteiger partial charge in [-0.25, -0.2) is 9.18 Å². The number of ether oxygens (including phenoxy) is 1. The zero-order valence-electron chi connectivity index (χ0n) is 20.9. The number of hydrogen-bond donors (Lipinski definition) is 2. The quantitative estimate of drug-likeness (QED) is 0.647. The molecule has 0 radical (unpaired) electrons. The summed E-state index contributed by atoms with van der Waals surface area (Å²) in [4.78, 5) is 41.0. The molecule has 0 aromatic heterocycles. The number of rotatable bonds is 6. The number of carbonyl (C=O) groups excluding carboxylic acids is 3. The number of benzene rings is 2. The molecule has 3 rings (SSSR count). The van der Waals surface area contributed by atoms with Gasteiger partial charge in [0, 0.05) is 18.2 Å². The van der Waals surface area contributed by atoms with Crippen LogP contribution in [0, 0.1) is 5.82 Å². The van der Waals surface area contributed by atoms with Crippen LogP contribution in [0.3, 0.4) is 0 Å². The molecule has 1 aliphatic rings. The number of anilines is 1. The molecule has 0 unspecified atom stereocenters. The van der Waals surface area contributed by atoms with Crippen LogP contribution in [-0.4, -0.2) is 41.6 Å². The molecule has 35 heavy (non-hydrogen) atoms. The number of halogens is 1. The minimum atomic E-state index is -1.13. The second-order valence-corrected chi connectivity index (χ2v) is 10.0. The second kappa shape index (κ2) is 10.9. The Balaban J connectivity index is 1.83. The standard InChI is InChI=1S/C27H34FN3O4/c1-17(2)31-23-13-9-7-10-18(23)14-15-21(25(31)33)29-24(32)22(30-26(34)35-27(3,4)5)16-19-11-6-8-12-20(19)28/h6-13,17,21-22H,14-16H2,1-5H3,(H,29,32)(H,30,34)/t21-,22-/m1/s1. The van der Waals surface area contributed by atoms with E-state index in [9.17, 15) is 18.8 Å². The molecule has 0 saturated heterocycles. The van der Waals surface area contributed by atoms with Gasteiger partial charge in [-0.3, -0.25) is 9.59 Å². The maximum Gasteiger partial charge on any atom is 0.408 e. The van der Waals surface area contributed by atoms with Gasteiger partial charge in [0.25, 0.3) is 0 Å². The summed E-state index contributed by atoms with van der Waals surface area (Å²) >= 11 is 0. The topological polar surface area (TPSA) is 87.7 Å². The average molecular weight is 484 g/mol. The minimum Gasteiger partial charge on any atom is -0.444 e. The summed E-state index contributed by atoms with van der Waals surface area (Å²) in [5, 5.41) is 5.37. The first-order chi connectivity index (χ1) is 16.5. The molecule has 2 N–H and O–H groups in total. The van der Waals surface area contributed by atoms with Gasteiger partial charge in [0.05, 0.1) is 0 Å². The monoisotopic (exact) mass is 483 g/mol. The van der Waals surface area contributed by atoms with Gasteiger partial charge in [-0.15, -0.1) is 0 Å². The van der Waals surface area contributed by atoms with E-state index in [0.717, 1.165) is 11.3 Å². The van der Waals surface area contributed by atoms with E-state index in [1.54, 1.807) is 43.9 Å². The van der Waals surface area contributed by atoms with Crippen molar-refractivity contribution in [1.82, 2.24) is 10.6 Å². The van der Waals surface area contributed by atoms with Crippen molar-refractivity contribution in [3.05, 3.63) is 65.5 Å². The van der Waals surface area contributed by atoms with Crippen LogP contribution in [0.15, 0.2) is 48.5 Å². The Morgan fingerprint density at radius 1 is 1.11 bits per heavy atom. The van der Waals surface area contributed by atoms with Gasteiger partial charge in [-0.1, -0.05) is 36.4 Å². The number of para-hydroxylation sites is 1. The van der Waals surface area contributed by atoms with Crippen LogP contribution in [-0.2, 0) is 27.2 Å². The van der Waals surface area contributed by atoms with E-state index < -0.39 is 35.5 Å². The summed E-state index contributed by atoms with van der Waals surface area (Å²) in [6.45, 7) is 8.97. The Morgan fingerprint density at radius 2 is 1.77 bits per heavy atom. The van der Waals surface area contributed by atoms with Crippen molar-refractivity contribution in [1.29, 1.82) is 0 Å². The average Bonchev–Trinajstić information content (AvgIpc) is 2.90. The molecule has 0 saturated carbocycles. The summed E-state index contributed by atoms with van der Waals surface area (Å²) in [7, 11) is 0. The van der Waals surface area contributed by atoms with Gasteiger partial charge >= 0.3 is 6.09 Å². The van der Waals surface area contributed by atoms with Crippen LogP contribution in [0.2, 0.25) is 0 Å². The van der Waals surface area contributed by atoms with E-state index in [0.29, 0.717) is 12.8 Å². The molecule has 188 valence electrons. The van der Waals surface area contributed by atoms with E-state index in [1.165, 1.54) is 6.07 Å². The first-order valence-electron chi connectivity index (χ1n) is 11.9. The Morgan fingerprint density at radius 3 is 2.43 bits per heavy atom. The van der Waals surface area contributed by atoms with E-state index in [-0.39, 0.29) is 23.9 Å². The van der Waals surface area contributed by atoms with Crippen molar-refractivity contribution < 1.29 is 23.5 Å². The van der Waals surface area contributed by atoms with Gasteiger partial charge in [0.2, 0.25) is 11.8 Å². The van der Waals surface area contributed by atoms with Crippen molar-refractivity contribution in [3.8, 4) is 0 Å². The summed E-state index contributed by atoms with van der Waals surface area (Å²) in [5.74, 6) is -1.28. The summed E-state index contributed by atoms with van der Waals surface area (Å²) < 4.78 is 19.7. The van der Waals surface area contributed by atoms with Crippen molar-refractivity contribution in [2.75, 3.05) is 4.90 Å². The first kappa shape index (κ1) is 26.2. The van der Waals surface area contributed by atoms with E-state index in [2.05, 4.69) is 10.6 Å². The van der Waals surface area contributed by atoms with E-state index in [1.807, 2.05) is 38.1 Å². The van der Waals surface area contributed by atoms with Crippen LogP contribution in [0.25, 0.3) is 0 Å². The van der Waals surface area contributed by atoms with Crippen molar-refractivity contribution >= 4 is 23.6 Å². The zero-order valence-corrected chi connectivity index (χ0v) is 20.9. The smallest absolute Gasteiger partial charge is 0.408 e. The van der Waals surface area contributed by atoms with Gasteiger partial charge in [0.1, 0.15) is 23.5 Å². The molecule has 8 heteroatoms. The molecule has 0 fully saturated rings. The van der Waals surface area contributed by atoms with Gasteiger partial charge in [-0.2, -0.15) is 0 Å². The summed E-state index contributed by atoms with van der Waals surface area (Å²) in [5.41, 5.74) is 1.36. The lowest BCUT2D eigenvalue weighted by Crippen LogP contribution is -2.56. The Hall–Kier alpha value is -3.42. The van der Waals surface area contributed by atoms with Crippen molar-refractivity contribution in [2.45, 2.75) is 77.6 Å². The fraction of sp³-hybridized carbons (Fsp3) is 0.444. The molecule has 2 atom stereocenters. The number of nitrogens with one attached hydrogen (secondary N) is 2. The first-order valence-corrected chi connectivity index (χ1v) is 11.9. The van der Waals surface area contributed by atoms with Crippen LogP contribution >= 0.6 is 0 Å². The fourth-order valence-corrected chi connectivity index (χ4v) is 4.15. The SMILES string of the molecule is CC(C)N1C(=O)[C@H](NC(=O)[C@@H](Cc2ccccc2F)NC(=O)OC(C)(C)C)CCc2ccccc21. The highest BCUT2D eigenvalue weighted by Crippen LogP contribution is 2.28. The van der Waals surface area contributed by atoms with Crippen molar-refractivity contribution in [3.63, 3.8) is 0 Å². The molecule has 2 aromatic carbocycles. The predicted molar refractivity (Wildman–Crippen MR) is 133 cm³/mol. The third-order valence-electron chi connectivity index (χ3n) is 5.71. The second-order valence-electron chi connectivity index (χ2n) is 10.0. The minimum absolute atomic E-state index is 0.0905. The summed E-state index contributed by atoms with van der Waals surface area (Å²) in [6, 6.07) is 11.7. The van der Waals surface area contributed by atoms with Gasteiger partial charge in [-0.05, 0) is 70.7 Å². The molecule has 3 amide bonds. The number of alkyl carbamates (subject to hydrolysis) is 1. The highest BCUT2D eigenvalue weighted by molar-refractivity contribution is 6.01. The van der Waals surface area contributed by atoms with Gasteiger partial charge < -0.3 is 20.3 Å². The van der Waals surface area contributed by atoms with Crippen LogP contribution < -0.4 is 15.5 Å². The molecule has 1 heterocycles. The predicted octanol–water partition coefficient (Wildman–Crippen LogP) is 4.13. The van der Waals surface area contributed by atoms with E-state index >= 15 is 0 Å².